The minimum Gasteiger partial charge on any atom is -0.384 e. The molecule has 0 bridgehead atoms. The molecule has 1 fully saturated rings. The van der Waals surface area contributed by atoms with Crippen molar-refractivity contribution in [3.05, 3.63) is 77.1 Å². The van der Waals surface area contributed by atoms with E-state index in [1.807, 2.05) is 35.0 Å². The number of alkyl halides is 2. The van der Waals surface area contributed by atoms with Crippen molar-refractivity contribution in [2.75, 3.05) is 32.0 Å². The maximum atomic E-state index is 13.7. The second-order valence-electron chi connectivity index (χ2n) is 7.85. The van der Waals surface area contributed by atoms with Crippen LogP contribution in [-0.4, -0.2) is 48.4 Å². The van der Waals surface area contributed by atoms with Crippen molar-refractivity contribution < 1.29 is 8.78 Å². The monoisotopic (exact) mass is 446 g/mol. The summed E-state index contributed by atoms with van der Waals surface area (Å²) in [7, 11) is 1.85. The summed E-state index contributed by atoms with van der Waals surface area (Å²) in [5.41, 5.74) is 4.60. The Morgan fingerprint density at radius 2 is 1.97 bits per heavy atom. The number of anilines is 1. The number of benzene rings is 1. The van der Waals surface area contributed by atoms with Gasteiger partial charge in [0.1, 0.15) is 0 Å². The Kier molecular flexibility index (Phi) is 7.21. The second kappa shape index (κ2) is 9.69. The molecule has 4 nitrogen and oxygen atoms in total. The van der Waals surface area contributed by atoms with Gasteiger partial charge in [0.25, 0.3) is 5.92 Å². The smallest absolute Gasteiger partial charge is 0.251 e. The van der Waals surface area contributed by atoms with Gasteiger partial charge in [0.2, 0.25) is 5.96 Å². The summed E-state index contributed by atoms with van der Waals surface area (Å²) in [6.07, 6.45) is 3.66. The summed E-state index contributed by atoms with van der Waals surface area (Å²) in [6.45, 7) is 11.2. The molecule has 2 aliphatic rings. The molecule has 2 heterocycles. The largest absolute Gasteiger partial charge is 0.384 e. The topological polar surface area (TPSA) is 30.9 Å². The van der Waals surface area contributed by atoms with E-state index in [0.29, 0.717) is 24.0 Å². The molecular formula is C24H29ClF2N4. The molecule has 0 atom stereocenters. The van der Waals surface area contributed by atoms with Crippen LogP contribution in [0, 0.1) is 6.92 Å². The highest BCUT2D eigenvalue weighted by atomic mass is 35.5. The van der Waals surface area contributed by atoms with Gasteiger partial charge in [-0.2, -0.15) is 0 Å². The molecule has 31 heavy (non-hydrogen) atoms. The number of aryl methyl sites for hydroxylation is 1. The van der Waals surface area contributed by atoms with Crippen LogP contribution < -0.4 is 5.32 Å². The average molecular weight is 447 g/mol. The van der Waals surface area contributed by atoms with E-state index in [1.54, 1.807) is 12.2 Å². The number of nitrogens with zero attached hydrogens (tertiary/aromatic N) is 3. The third-order valence-electron chi connectivity index (χ3n) is 5.64. The molecule has 7 heteroatoms. The van der Waals surface area contributed by atoms with E-state index >= 15 is 0 Å². The Hall–Kier alpha value is -2.60. The molecule has 3 rings (SSSR count). The minimum atomic E-state index is -2.61. The molecule has 0 unspecified atom stereocenters. The lowest BCUT2D eigenvalue weighted by atomic mass is 10.0. The van der Waals surface area contributed by atoms with Gasteiger partial charge in [-0.3, -0.25) is 0 Å². The zero-order valence-electron chi connectivity index (χ0n) is 18.1. The second-order valence-corrected chi connectivity index (χ2v) is 8.28. The van der Waals surface area contributed by atoms with Gasteiger partial charge in [-0.05, 0) is 24.6 Å². The molecule has 0 saturated carbocycles. The number of likely N-dealkylation sites (N-methyl/N-ethyl adjacent to an activating group) is 1. The summed E-state index contributed by atoms with van der Waals surface area (Å²) in [4.78, 5) is 8.63. The average Bonchev–Trinajstić information content (AvgIpc) is 2.74. The van der Waals surface area contributed by atoms with E-state index in [9.17, 15) is 8.78 Å². The quantitative estimate of drug-likeness (QED) is 0.551. The predicted octanol–water partition coefficient (Wildman–Crippen LogP) is 5.91. The molecule has 0 spiro atoms. The van der Waals surface area contributed by atoms with Crippen molar-refractivity contribution in [1.29, 1.82) is 0 Å². The highest BCUT2D eigenvalue weighted by molar-refractivity contribution is 6.31. The Labute approximate surface area is 188 Å². The molecule has 0 aliphatic carbocycles. The van der Waals surface area contributed by atoms with E-state index in [2.05, 4.69) is 31.5 Å². The van der Waals surface area contributed by atoms with Gasteiger partial charge >= 0.3 is 0 Å². The first-order valence-corrected chi connectivity index (χ1v) is 10.8. The first kappa shape index (κ1) is 23.1. The molecule has 1 aromatic rings. The highest BCUT2D eigenvalue weighted by Gasteiger charge is 2.37. The van der Waals surface area contributed by atoms with Crippen LogP contribution in [0.4, 0.5) is 14.5 Å². The van der Waals surface area contributed by atoms with Crippen molar-refractivity contribution in [1.82, 2.24) is 9.80 Å². The number of halogens is 3. The zero-order chi connectivity index (χ0) is 22.6. The van der Waals surface area contributed by atoms with Gasteiger partial charge in [0.05, 0.1) is 5.70 Å². The fourth-order valence-corrected chi connectivity index (χ4v) is 3.79. The van der Waals surface area contributed by atoms with Crippen LogP contribution in [0.15, 0.2) is 76.6 Å². The molecule has 166 valence electrons. The van der Waals surface area contributed by atoms with Crippen LogP contribution in [0.3, 0.4) is 0 Å². The molecule has 0 aromatic heterocycles. The molecule has 1 saturated heterocycles. The van der Waals surface area contributed by atoms with Crippen LogP contribution >= 0.6 is 11.6 Å². The van der Waals surface area contributed by atoms with Crippen molar-refractivity contribution in [3.8, 4) is 0 Å². The van der Waals surface area contributed by atoms with Gasteiger partial charge in [-0.25, -0.2) is 13.8 Å². The summed E-state index contributed by atoms with van der Waals surface area (Å²) < 4.78 is 27.3. The normalized spacial score (nSPS) is 19.5. The number of guanidine groups is 1. The number of allylic oxidation sites excluding steroid dienone is 3. The van der Waals surface area contributed by atoms with Gasteiger partial charge in [0.15, 0.2) is 0 Å². The van der Waals surface area contributed by atoms with E-state index in [0.717, 1.165) is 28.2 Å². The highest BCUT2D eigenvalue weighted by Crippen LogP contribution is 2.33. The lowest BCUT2D eigenvalue weighted by Crippen LogP contribution is -2.49. The predicted molar refractivity (Wildman–Crippen MR) is 126 cm³/mol. The Balaban J connectivity index is 1.87. The molecule has 0 radical (unpaired) electrons. The van der Waals surface area contributed by atoms with E-state index in [1.165, 1.54) is 0 Å². The van der Waals surface area contributed by atoms with Crippen molar-refractivity contribution >= 4 is 23.2 Å². The van der Waals surface area contributed by atoms with Crippen molar-refractivity contribution in [2.45, 2.75) is 32.1 Å². The van der Waals surface area contributed by atoms with Crippen molar-refractivity contribution in [2.24, 2.45) is 4.99 Å². The Bertz CT molecular complexity index is 939. The Morgan fingerprint density at radius 1 is 1.29 bits per heavy atom. The molecule has 0 amide bonds. The number of nitrogens with one attached hydrogen (secondary N) is 1. The lowest BCUT2D eigenvalue weighted by molar-refractivity contribution is -0.0447. The first-order chi connectivity index (χ1) is 14.7. The van der Waals surface area contributed by atoms with Crippen LogP contribution in [0.2, 0.25) is 0 Å². The van der Waals surface area contributed by atoms with Crippen LogP contribution in [0.5, 0.6) is 0 Å². The summed E-state index contributed by atoms with van der Waals surface area (Å²) in [6, 6.07) is 8.09. The fourth-order valence-electron chi connectivity index (χ4n) is 3.68. The first-order valence-electron chi connectivity index (χ1n) is 10.4. The maximum absolute atomic E-state index is 13.7. The number of likely N-dealkylation sites (tertiary alicyclic amines) is 1. The van der Waals surface area contributed by atoms with Crippen LogP contribution in [0.25, 0.3) is 0 Å². The Morgan fingerprint density at radius 3 is 2.61 bits per heavy atom. The van der Waals surface area contributed by atoms with E-state index in [4.69, 9.17) is 16.6 Å². The standard InChI is InChI=1S/C24H29ClF2N4/c1-5-19(25)16-20-18(3)30(4)23(31-14-11-24(26,27)12-15-31)29-22(20)10-13-28-21-9-7-6-8-17(21)2/h5-9,16,28H,1,3,10-15H2,2,4H3/b19-16+. The van der Waals surface area contributed by atoms with Gasteiger partial charge < -0.3 is 15.1 Å². The lowest BCUT2D eigenvalue weighted by Gasteiger charge is -2.40. The third-order valence-corrected chi connectivity index (χ3v) is 5.90. The van der Waals surface area contributed by atoms with Crippen molar-refractivity contribution in [3.63, 3.8) is 0 Å². The number of hydrogen-bond donors (Lipinski definition) is 1. The number of aliphatic imine (C=N–C) groups is 1. The van der Waals surface area contributed by atoms with Gasteiger partial charge in [-0.1, -0.05) is 49.0 Å². The van der Waals surface area contributed by atoms with Crippen LogP contribution in [-0.2, 0) is 0 Å². The molecular weight excluding hydrogens is 418 g/mol. The molecule has 1 N–H and O–H groups in total. The maximum Gasteiger partial charge on any atom is 0.251 e. The minimum absolute atomic E-state index is 0.171. The number of para-hydroxylation sites is 1. The summed E-state index contributed by atoms with van der Waals surface area (Å²) >= 11 is 6.24. The van der Waals surface area contributed by atoms with E-state index < -0.39 is 5.92 Å². The van der Waals surface area contributed by atoms with E-state index in [-0.39, 0.29) is 25.9 Å². The third kappa shape index (κ3) is 5.56. The number of piperidine rings is 1. The van der Waals surface area contributed by atoms with Gasteiger partial charge in [0, 0.05) is 67.9 Å². The van der Waals surface area contributed by atoms with Crippen LogP contribution in [0.1, 0.15) is 24.8 Å². The summed E-state index contributed by atoms with van der Waals surface area (Å²) in [5.74, 6) is -1.96. The zero-order valence-corrected chi connectivity index (χ0v) is 18.9. The molecule has 2 aliphatic heterocycles. The summed E-state index contributed by atoms with van der Waals surface area (Å²) in [5, 5.41) is 3.94. The fraction of sp³-hybridized carbons (Fsp3) is 0.375. The number of rotatable bonds is 6. The van der Waals surface area contributed by atoms with Gasteiger partial charge in [-0.15, -0.1) is 0 Å². The number of hydrogen-bond acceptors (Lipinski definition) is 4. The molecule has 1 aromatic carbocycles. The SMILES string of the molecule is C=C/C(Cl)=C\C1=C(CCNc2ccccc2C)N=C(N2CCC(F)(F)CC2)N(C)C1=C.